The Kier molecular flexibility index (Phi) is 3.73. The van der Waals surface area contributed by atoms with Crippen LogP contribution in [0.3, 0.4) is 0 Å². The van der Waals surface area contributed by atoms with Crippen LogP contribution in [0.4, 0.5) is 4.79 Å². The van der Waals surface area contributed by atoms with Crippen LogP contribution >= 0.6 is 0 Å². The number of hydrogen-bond donors (Lipinski definition) is 1. The molecule has 0 saturated heterocycles. The van der Waals surface area contributed by atoms with Crippen molar-refractivity contribution in [2.75, 3.05) is 13.1 Å². The number of nitrogens with zero attached hydrogens (tertiary/aromatic N) is 4. The van der Waals surface area contributed by atoms with Crippen molar-refractivity contribution in [3.05, 3.63) is 36.2 Å². The molecule has 1 aliphatic carbocycles. The SMILES string of the molecule is O=C(NCC1CCC1)N1CCn2c(nnc2-c2ccccc2)C1. The van der Waals surface area contributed by atoms with Crippen molar-refractivity contribution >= 4 is 6.03 Å². The molecule has 1 fully saturated rings. The maximum Gasteiger partial charge on any atom is 0.317 e. The van der Waals surface area contributed by atoms with Crippen LogP contribution in [0.15, 0.2) is 30.3 Å². The molecule has 2 aromatic rings. The molecule has 6 nitrogen and oxygen atoms in total. The zero-order valence-electron chi connectivity index (χ0n) is 13.1. The van der Waals surface area contributed by atoms with Gasteiger partial charge in [-0.05, 0) is 18.8 Å². The van der Waals surface area contributed by atoms with Crippen molar-refractivity contribution in [1.82, 2.24) is 25.0 Å². The molecule has 23 heavy (non-hydrogen) atoms. The van der Waals surface area contributed by atoms with Crippen LogP contribution in [-0.2, 0) is 13.1 Å². The third-order valence-electron chi connectivity index (χ3n) is 4.84. The molecule has 0 atom stereocenters. The summed E-state index contributed by atoms with van der Waals surface area (Å²) in [4.78, 5) is 14.1. The van der Waals surface area contributed by atoms with Gasteiger partial charge in [0.2, 0.25) is 0 Å². The third kappa shape index (κ3) is 2.81. The first-order valence-electron chi connectivity index (χ1n) is 8.31. The average Bonchev–Trinajstić information content (AvgIpc) is 2.97. The van der Waals surface area contributed by atoms with E-state index in [9.17, 15) is 4.79 Å². The van der Waals surface area contributed by atoms with E-state index in [0.29, 0.717) is 19.0 Å². The summed E-state index contributed by atoms with van der Waals surface area (Å²) >= 11 is 0. The highest BCUT2D eigenvalue weighted by molar-refractivity contribution is 5.74. The maximum absolute atomic E-state index is 12.3. The second kappa shape index (κ2) is 6.02. The Morgan fingerprint density at radius 1 is 1.17 bits per heavy atom. The lowest BCUT2D eigenvalue weighted by Crippen LogP contribution is -2.46. The molecule has 0 spiro atoms. The Bertz CT molecular complexity index is 692. The summed E-state index contributed by atoms with van der Waals surface area (Å²) in [5.41, 5.74) is 1.06. The number of fused-ring (bicyclic) bond motifs is 1. The Labute approximate surface area is 135 Å². The minimum Gasteiger partial charge on any atom is -0.338 e. The maximum atomic E-state index is 12.3. The number of carbonyl (C=O) groups is 1. The number of hydrogen-bond acceptors (Lipinski definition) is 3. The average molecular weight is 311 g/mol. The van der Waals surface area contributed by atoms with Crippen LogP contribution in [0.5, 0.6) is 0 Å². The van der Waals surface area contributed by atoms with E-state index in [0.717, 1.165) is 30.3 Å². The van der Waals surface area contributed by atoms with Crippen molar-refractivity contribution in [1.29, 1.82) is 0 Å². The second-order valence-electron chi connectivity index (χ2n) is 6.36. The van der Waals surface area contributed by atoms with E-state index >= 15 is 0 Å². The van der Waals surface area contributed by atoms with Gasteiger partial charge in [0.15, 0.2) is 11.6 Å². The van der Waals surface area contributed by atoms with Crippen LogP contribution in [0.1, 0.15) is 25.1 Å². The first kappa shape index (κ1) is 14.2. The van der Waals surface area contributed by atoms with Gasteiger partial charge >= 0.3 is 6.03 Å². The molecule has 2 amide bonds. The molecule has 1 aromatic carbocycles. The van der Waals surface area contributed by atoms with Crippen LogP contribution < -0.4 is 5.32 Å². The number of nitrogens with one attached hydrogen (secondary N) is 1. The molecule has 0 radical (unpaired) electrons. The van der Waals surface area contributed by atoms with Crippen LogP contribution in [0, 0.1) is 5.92 Å². The number of benzene rings is 1. The fraction of sp³-hybridized carbons (Fsp3) is 0.471. The molecule has 120 valence electrons. The van der Waals surface area contributed by atoms with Gasteiger partial charge in [0.25, 0.3) is 0 Å². The largest absolute Gasteiger partial charge is 0.338 e. The van der Waals surface area contributed by atoms with Gasteiger partial charge in [0, 0.05) is 25.2 Å². The summed E-state index contributed by atoms with van der Waals surface area (Å²) in [5, 5.41) is 11.6. The molecule has 1 aliphatic heterocycles. The van der Waals surface area contributed by atoms with Crippen molar-refractivity contribution in [3.63, 3.8) is 0 Å². The number of rotatable bonds is 3. The smallest absolute Gasteiger partial charge is 0.317 e. The molecular weight excluding hydrogens is 290 g/mol. The number of amides is 2. The summed E-state index contributed by atoms with van der Waals surface area (Å²) in [5.74, 6) is 2.42. The molecule has 0 unspecified atom stereocenters. The number of carbonyl (C=O) groups excluding carboxylic acids is 1. The zero-order chi connectivity index (χ0) is 15.6. The fourth-order valence-electron chi connectivity index (χ4n) is 3.17. The predicted molar refractivity (Wildman–Crippen MR) is 86.6 cm³/mol. The van der Waals surface area contributed by atoms with E-state index in [1.54, 1.807) is 0 Å². The predicted octanol–water partition coefficient (Wildman–Crippen LogP) is 2.27. The third-order valence-corrected chi connectivity index (χ3v) is 4.84. The van der Waals surface area contributed by atoms with Gasteiger partial charge in [-0.3, -0.25) is 0 Å². The summed E-state index contributed by atoms with van der Waals surface area (Å²) in [6, 6.07) is 10.1. The Balaban J connectivity index is 1.43. The monoisotopic (exact) mass is 311 g/mol. The standard InChI is InChI=1S/C17H21N5O/c23-17(18-11-13-5-4-6-13)21-9-10-22-15(12-21)19-20-16(22)14-7-2-1-3-8-14/h1-3,7-8,13H,4-6,9-12H2,(H,18,23). The molecule has 0 bridgehead atoms. The first-order chi connectivity index (χ1) is 11.3. The van der Waals surface area contributed by atoms with E-state index < -0.39 is 0 Å². The lowest BCUT2D eigenvalue weighted by Gasteiger charge is -2.30. The quantitative estimate of drug-likeness (QED) is 0.946. The van der Waals surface area contributed by atoms with E-state index in [1.807, 2.05) is 35.2 Å². The van der Waals surface area contributed by atoms with Crippen LogP contribution in [0.2, 0.25) is 0 Å². The number of urea groups is 1. The topological polar surface area (TPSA) is 63.1 Å². The molecule has 4 rings (SSSR count). The molecule has 1 N–H and O–H groups in total. The highest BCUT2D eigenvalue weighted by Crippen LogP contribution is 2.25. The molecule has 2 heterocycles. The van der Waals surface area contributed by atoms with Crippen LogP contribution in [0.25, 0.3) is 11.4 Å². The summed E-state index contributed by atoms with van der Waals surface area (Å²) in [6.45, 7) is 2.76. The lowest BCUT2D eigenvalue weighted by molar-refractivity contribution is 0.177. The molecule has 1 aromatic heterocycles. The zero-order valence-corrected chi connectivity index (χ0v) is 13.1. The van der Waals surface area contributed by atoms with Crippen molar-refractivity contribution in [2.24, 2.45) is 5.92 Å². The second-order valence-corrected chi connectivity index (χ2v) is 6.36. The van der Waals surface area contributed by atoms with E-state index in [-0.39, 0.29) is 6.03 Å². The van der Waals surface area contributed by atoms with Gasteiger partial charge in [0.05, 0.1) is 6.54 Å². The Hall–Kier alpha value is -2.37. The van der Waals surface area contributed by atoms with Gasteiger partial charge < -0.3 is 14.8 Å². The molecule has 6 heteroatoms. The van der Waals surface area contributed by atoms with Gasteiger partial charge in [-0.2, -0.15) is 0 Å². The summed E-state index contributed by atoms with van der Waals surface area (Å²) < 4.78 is 2.12. The van der Waals surface area contributed by atoms with E-state index in [1.165, 1.54) is 19.3 Å². The Morgan fingerprint density at radius 3 is 2.74 bits per heavy atom. The highest BCUT2D eigenvalue weighted by Gasteiger charge is 2.26. The van der Waals surface area contributed by atoms with Crippen LogP contribution in [-0.4, -0.2) is 38.8 Å². The fourth-order valence-corrected chi connectivity index (χ4v) is 3.17. The van der Waals surface area contributed by atoms with Crippen molar-refractivity contribution < 1.29 is 4.79 Å². The number of aromatic nitrogens is 3. The lowest BCUT2D eigenvalue weighted by atomic mass is 9.85. The highest BCUT2D eigenvalue weighted by atomic mass is 16.2. The van der Waals surface area contributed by atoms with E-state index in [2.05, 4.69) is 20.1 Å². The van der Waals surface area contributed by atoms with Gasteiger partial charge in [-0.25, -0.2) is 4.79 Å². The normalized spacial score (nSPS) is 17.5. The Morgan fingerprint density at radius 2 is 2.00 bits per heavy atom. The minimum atomic E-state index is 0.0208. The van der Waals surface area contributed by atoms with Gasteiger partial charge in [0.1, 0.15) is 0 Å². The first-order valence-corrected chi connectivity index (χ1v) is 8.31. The van der Waals surface area contributed by atoms with Crippen molar-refractivity contribution in [3.8, 4) is 11.4 Å². The van der Waals surface area contributed by atoms with Gasteiger partial charge in [-0.15, -0.1) is 10.2 Å². The van der Waals surface area contributed by atoms with E-state index in [4.69, 9.17) is 0 Å². The molecule has 1 saturated carbocycles. The summed E-state index contributed by atoms with van der Waals surface area (Å²) in [6.07, 6.45) is 3.79. The van der Waals surface area contributed by atoms with Crippen molar-refractivity contribution in [2.45, 2.75) is 32.4 Å². The molecule has 2 aliphatic rings. The summed E-state index contributed by atoms with van der Waals surface area (Å²) in [7, 11) is 0. The van der Waals surface area contributed by atoms with Gasteiger partial charge in [-0.1, -0.05) is 36.8 Å². The molecular formula is C17H21N5O. The minimum absolute atomic E-state index is 0.0208.